The highest BCUT2D eigenvalue weighted by Gasteiger charge is 2.35. The van der Waals surface area contributed by atoms with Crippen molar-refractivity contribution in [1.29, 1.82) is 0 Å². The van der Waals surface area contributed by atoms with Crippen molar-refractivity contribution in [2.45, 2.75) is 25.8 Å². The van der Waals surface area contributed by atoms with E-state index in [9.17, 15) is 14.7 Å². The first-order chi connectivity index (χ1) is 12.5. The summed E-state index contributed by atoms with van der Waals surface area (Å²) in [5, 5.41) is 13.9. The molecule has 2 aromatic rings. The van der Waals surface area contributed by atoms with Crippen LogP contribution in [-0.4, -0.2) is 63.0 Å². The Labute approximate surface area is 154 Å². The number of ether oxygens (including phenoxy) is 2. The summed E-state index contributed by atoms with van der Waals surface area (Å²) in [4.78, 5) is 29.8. The Morgan fingerprint density at radius 1 is 1.50 bits per heavy atom. The minimum atomic E-state index is -1.18. The number of halogens is 1. The van der Waals surface area contributed by atoms with E-state index in [2.05, 4.69) is 10.1 Å². The standard InChI is InChI=1S/C16H19ClN4O5/c1-2-3-5-26-16(24)20-4-6-25-9-11(20)14-10(15(22)23)8-18-13-7-12(17)19-21(13)14/h7-8,11H,2-6,9H2,1H3,(H,22,23). The summed E-state index contributed by atoms with van der Waals surface area (Å²) in [6.07, 6.45) is 2.39. The van der Waals surface area contributed by atoms with E-state index in [1.807, 2.05) is 6.92 Å². The van der Waals surface area contributed by atoms with E-state index < -0.39 is 18.1 Å². The Bertz CT molecular complexity index is 824. The van der Waals surface area contributed by atoms with E-state index >= 15 is 0 Å². The van der Waals surface area contributed by atoms with E-state index in [-0.39, 0.29) is 29.6 Å². The molecule has 0 aliphatic carbocycles. The van der Waals surface area contributed by atoms with Gasteiger partial charge in [0.2, 0.25) is 0 Å². The van der Waals surface area contributed by atoms with Gasteiger partial charge in [0.05, 0.1) is 25.5 Å². The Hall–Kier alpha value is -2.39. The number of fused-ring (bicyclic) bond motifs is 1. The third-order valence-corrected chi connectivity index (χ3v) is 4.31. The molecule has 1 saturated heterocycles. The summed E-state index contributed by atoms with van der Waals surface area (Å²) in [5.74, 6) is -1.18. The molecule has 140 valence electrons. The van der Waals surface area contributed by atoms with Gasteiger partial charge in [0.1, 0.15) is 11.6 Å². The van der Waals surface area contributed by atoms with Crippen molar-refractivity contribution in [3.63, 3.8) is 0 Å². The number of unbranched alkanes of at least 4 members (excludes halogenated alkanes) is 1. The maximum Gasteiger partial charge on any atom is 0.410 e. The first-order valence-corrected chi connectivity index (χ1v) is 8.69. The fraction of sp³-hybridized carbons (Fsp3) is 0.500. The highest BCUT2D eigenvalue weighted by molar-refractivity contribution is 6.29. The number of hydrogen-bond acceptors (Lipinski definition) is 6. The summed E-state index contributed by atoms with van der Waals surface area (Å²) in [6.45, 7) is 3.06. The number of carboxylic acid groups (broad SMARTS) is 1. The summed E-state index contributed by atoms with van der Waals surface area (Å²) >= 11 is 5.95. The minimum Gasteiger partial charge on any atom is -0.478 e. The summed E-state index contributed by atoms with van der Waals surface area (Å²) < 4.78 is 12.1. The van der Waals surface area contributed by atoms with Crippen molar-refractivity contribution in [1.82, 2.24) is 19.5 Å². The van der Waals surface area contributed by atoms with Crippen LogP contribution in [-0.2, 0) is 9.47 Å². The predicted molar refractivity (Wildman–Crippen MR) is 91.5 cm³/mol. The second-order valence-electron chi connectivity index (χ2n) is 5.85. The number of morpholine rings is 1. The molecule has 3 heterocycles. The number of carboxylic acids is 1. The zero-order chi connectivity index (χ0) is 18.7. The van der Waals surface area contributed by atoms with Crippen LogP contribution in [0.1, 0.15) is 41.9 Å². The maximum absolute atomic E-state index is 12.5. The lowest BCUT2D eigenvalue weighted by atomic mass is 10.1. The van der Waals surface area contributed by atoms with Crippen molar-refractivity contribution >= 4 is 29.3 Å². The summed E-state index contributed by atoms with van der Waals surface area (Å²) in [6, 6.07) is 0.843. The molecule has 0 radical (unpaired) electrons. The van der Waals surface area contributed by atoms with Crippen LogP contribution in [0, 0.1) is 0 Å². The van der Waals surface area contributed by atoms with Gasteiger partial charge in [0.25, 0.3) is 0 Å². The van der Waals surface area contributed by atoms with Crippen molar-refractivity contribution < 1.29 is 24.2 Å². The van der Waals surface area contributed by atoms with Crippen LogP contribution in [0.5, 0.6) is 0 Å². The van der Waals surface area contributed by atoms with E-state index in [4.69, 9.17) is 21.1 Å². The van der Waals surface area contributed by atoms with Crippen LogP contribution >= 0.6 is 11.6 Å². The van der Waals surface area contributed by atoms with E-state index in [1.165, 1.54) is 21.7 Å². The lowest BCUT2D eigenvalue weighted by molar-refractivity contribution is -0.0124. The highest BCUT2D eigenvalue weighted by Crippen LogP contribution is 2.29. The van der Waals surface area contributed by atoms with Crippen LogP contribution in [0.15, 0.2) is 12.3 Å². The van der Waals surface area contributed by atoms with E-state index in [0.717, 1.165) is 12.8 Å². The summed E-state index contributed by atoms with van der Waals surface area (Å²) in [7, 11) is 0. The fourth-order valence-electron chi connectivity index (χ4n) is 2.84. The number of hydrogen-bond donors (Lipinski definition) is 1. The first kappa shape index (κ1) is 18.4. The quantitative estimate of drug-likeness (QED) is 0.791. The van der Waals surface area contributed by atoms with E-state index in [1.54, 1.807) is 0 Å². The van der Waals surface area contributed by atoms with Crippen LogP contribution in [0.2, 0.25) is 5.15 Å². The maximum atomic E-state index is 12.5. The van der Waals surface area contributed by atoms with Crippen molar-refractivity contribution in [3.8, 4) is 0 Å². The fourth-order valence-corrected chi connectivity index (χ4v) is 3.02. The average molecular weight is 383 g/mol. The molecule has 1 unspecified atom stereocenters. The molecule has 9 nitrogen and oxygen atoms in total. The molecule has 1 aliphatic rings. The molecule has 10 heteroatoms. The van der Waals surface area contributed by atoms with Crippen LogP contribution in [0.25, 0.3) is 5.65 Å². The van der Waals surface area contributed by atoms with Gasteiger partial charge in [-0.2, -0.15) is 5.10 Å². The lowest BCUT2D eigenvalue weighted by Gasteiger charge is -2.35. The van der Waals surface area contributed by atoms with Gasteiger partial charge in [-0.05, 0) is 6.42 Å². The average Bonchev–Trinajstić information content (AvgIpc) is 3.01. The topological polar surface area (TPSA) is 106 Å². The Balaban J connectivity index is 2.02. The van der Waals surface area contributed by atoms with Crippen LogP contribution in [0.4, 0.5) is 4.79 Å². The molecule has 0 saturated carbocycles. The summed E-state index contributed by atoms with van der Waals surface area (Å²) in [5.41, 5.74) is 0.598. The molecule has 1 amide bonds. The van der Waals surface area contributed by atoms with Gasteiger partial charge in [-0.15, -0.1) is 0 Å². The Kier molecular flexibility index (Phi) is 5.58. The Morgan fingerprint density at radius 3 is 3.04 bits per heavy atom. The van der Waals surface area contributed by atoms with Gasteiger partial charge in [-0.1, -0.05) is 24.9 Å². The number of aromatic nitrogens is 3. The zero-order valence-electron chi connectivity index (χ0n) is 14.2. The van der Waals surface area contributed by atoms with Crippen molar-refractivity contribution in [2.24, 2.45) is 0 Å². The van der Waals surface area contributed by atoms with Crippen LogP contribution in [0.3, 0.4) is 0 Å². The third kappa shape index (κ3) is 3.58. The molecule has 0 spiro atoms. The molecule has 3 rings (SSSR count). The molecular weight excluding hydrogens is 364 g/mol. The Morgan fingerprint density at radius 2 is 2.31 bits per heavy atom. The largest absolute Gasteiger partial charge is 0.478 e. The SMILES string of the molecule is CCCCOC(=O)N1CCOCC1c1c(C(=O)O)cnc2cc(Cl)nn12. The number of nitrogens with zero attached hydrogens (tertiary/aromatic N) is 4. The number of rotatable bonds is 5. The second-order valence-corrected chi connectivity index (χ2v) is 6.24. The molecule has 1 N–H and O–H groups in total. The molecule has 1 atom stereocenters. The van der Waals surface area contributed by atoms with Gasteiger partial charge in [-0.3, -0.25) is 4.90 Å². The van der Waals surface area contributed by atoms with Gasteiger partial charge < -0.3 is 14.6 Å². The van der Waals surface area contributed by atoms with Gasteiger partial charge in [0, 0.05) is 18.8 Å². The van der Waals surface area contributed by atoms with E-state index in [0.29, 0.717) is 18.9 Å². The number of amides is 1. The zero-order valence-corrected chi connectivity index (χ0v) is 15.0. The normalized spacial score (nSPS) is 17.5. The number of carbonyl (C=O) groups is 2. The van der Waals surface area contributed by atoms with Crippen molar-refractivity contribution in [3.05, 3.63) is 28.7 Å². The molecular formula is C16H19ClN4O5. The molecule has 26 heavy (non-hydrogen) atoms. The molecule has 0 aromatic carbocycles. The molecule has 1 aliphatic heterocycles. The number of aromatic carboxylic acids is 1. The molecule has 1 fully saturated rings. The van der Waals surface area contributed by atoms with Gasteiger partial charge in [-0.25, -0.2) is 19.1 Å². The number of carbonyl (C=O) groups excluding carboxylic acids is 1. The first-order valence-electron chi connectivity index (χ1n) is 8.31. The third-order valence-electron chi connectivity index (χ3n) is 4.12. The minimum absolute atomic E-state index is 0.0703. The molecule has 0 bridgehead atoms. The second kappa shape index (κ2) is 7.88. The van der Waals surface area contributed by atoms with Gasteiger partial charge in [0.15, 0.2) is 10.8 Å². The monoisotopic (exact) mass is 382 g/mol. The van der Waals surface area contributed by atoms with Gasteiger partial charge >= 0.3 is 12.1 Å². The smallest absolute Gasteiger partial charge is 0.410 e. The predicted octanol–water partition coefficient (Wildman–Crippen LogP) is 2.39. The lowest BCUT2D eigenvalue weighted by Crippen LogP contribution is -2.45. The molecule has 2 aromatic heterocycles. The highest BCUT2D eigenvalue weighted by atomic mass is 35.5. The van der Waals surface area contributed by atoms with Crippen molar-refractivity contribution in [2.75, 3.05) is 26.4 Å². The van der Waals surface area contributed by atoms with Crippen LogP contribution < -0.4 is 0 Å².